The van der Waals surface area contributed by atoms with E-state index in [4.69, 9.17) is 0 Å². The zero-order valence-electron chi connectivity index (χ0n) is 10.6. The van der Waals surface area contributed by atoms with Crippen molar-refractivity contribution in [3.63, 3.8) is 0 Å². The van der Waals surface area contributed by atoms with Crippen LogP contribution < -0.4 is 11.0 Å². The maximum atomic E-state index is 11.7. The van der Waals surface area contributed by atoms with E-state index in [0.717, 1.165) is 10.6 Å². The van der Waals surface area contributed by atoms with Crippen LogP contribution in [0.4, 0.5) is 0 Å². The highest BCUT2D eigenvalue weighted by atomic mass is 32.1. The lowest BCUT2D eigenvalue weighted by Crippen LogP contribution is -2.23. The molecular weight excluding hydrogens is 264 g/mol. The summed E-state index contributed by atoms with van der Waals surface area (Å²) >= 11 is 1.55. The number of hydrogen-bond acceptors (Lipinski definition) is 4. The predicted molar refractivity (Wildman–Crippen MR) is 74.5 cm³/mol. The van der Waals surface area contributed by atoms with Gasteiger partial charge in [0.15, 0.2) is 0 Å². The van der Waals surface area contributed by atoms with E-state index in [1.165, 1.54) is 0 Å². The number of nitrogens with zero attached hydrogens (tertiary/aromatic N) is 1. The molecule has 19 heavy (non-hydrogen) atoms. The number of thiophene rings is 1. The van der Waals surface area contributed by atoms with Crippen molar-refractivity contribution in [3.8, 4) is 0 Å². The van der Waals surface area contributed by atoms with Crippen molar-refractivity contribution < 1.29 is 4.79 Å². The molecule has 0 aliphatic rings. The molecule has 0 aliphatic heterocycles. The molecule has 0 unspecified atom stereocenters. The lowest BCUT2D eigenvalue weighted by Gasteiger charge is -2.00. The Bertz CT molecular complexity index is 652. The Labute approximate surface area is 113 Å². The van der Waals surface area contributed by atoms with Gasteiger partial charge in [-0.05, 0) is 25.3 Å². The first-order valence-corrected chi connectivity index (χ1v) is 6.59. The summed E-state index contributed by atoms with van der Waals surface area (Å²) in [6.07, 6.45) is 0.00584. The number of nitrogens with one attached hydrogen (secondary N) is 3. The molecule has 0 bridgehead atoms. The van der Waals surface area contributed by atoms with Gasteiger partial charge < -0.3 is 5.10 Å². The molecule has 6 nitrogen and oxygen atoms in total. The monoisotopic (exact) mass is 278 g/mol. The molecular formula is C12H14N4O2S. The molecule has 2 rings (SSSR count). The standard InChI is InChI=1S/C12H14N4O2S/c1-7-9(12(18)16-13-7)6-11(17)15-14-8(2)10-4-3-5-19-10/h3-5H,6H2,1-2H3,(H,15,17)(H2,13,16,18)/b14-8-. The Morgan fingerprint density at radius 2 is 2.26 bits per heavy atom. The minimum Gasteiger partial charge on any atom is -0.302 e. The summed E-state index contributed by atoms with van der Waals surface area (Å²) in [5.41, 5.74) is 4.02. The lowest BCUT2D eigenvalue weighted by atomic mass is 10.2. The van der Waals surface area contributed by atoms with Gasteiger partial charge in [-0.3, -0.25) is 14.7 Å². The first kappa shape index (κ1) is 13.3. The normalized spacial score (nSPS) is 11.6. The molecule has 0 aliphatic carbocycles. The van der Waals surface area contributed by atoms with Crippen LogP contribution in [-0.2, 0) is 11.2 Å². The molecule has 0 saturated carbocycles. The van der Waals surface area contributed by atoms with Crippen molar-refractivity contribution in [2.75, 3.05) is 0 Å². The summed E-state index contributed by atoms with van der Waals surface area (Å²) in [7, 11) is 0. The SMILES string of the molecule is C/C(=N/NC(=O)Cc1c(C)[nH][nH]c1=O)c1cccs1. The van der Waals surface area contributed by atoms with E-state index in [0.29, 0.717) is 11.3 Å². The third-order valence-electron chi connectivity index (χ3n) is 2.65. The van der Waals surface area contributed by atoms with Gasteiger partial charge in [-0.2, -0.15) is 5.10 Å². The fourth-order valence-corrected chi connectivity index (χ4v) is 2.25. The Balaban J connectivity index is 1.99. The van der Waals surface area contributed by atoms with Gasteiger partial charge in [-0.15, -0.1) is 11.3 Å². The Morgan fingerprint density at radius 1 is 1.47 bits per heavy atom. The third kappa shape index (κ3) is 3.19. The van der Waals surface area contributed by atoms with Gasteiger partial charge >= 0.3 is 0 Å². The molecule has 2 heterocycles. The number of carbonyl (C=O) groups is 1. The summed E-state index contributed by atoms with van der Waals surface area (Å²) < 4.78 is 0. The van der Waals surface area contributed by atoms with E-state index >= 15 is 0 Å². The summed E-state index contributed by atoms with van der Waals surface area (Å²) in [4.78, 5) is 24.1. The highest BCUT2D eigenvalue weighted by molar-refractivity contribution is 7.12. The van der Waals surface area contributed by atoms with Gasteiger partial charge in [0, 0.05) is 16.1 Å². The van der Waals surface area contributed by atoms with Gasteiger partial charge in [-0.25, -0.2) is 5.43 Å². The molecule has 0 aromatic carbocycles. The second-order valence-corrected chi connectivity index (χ2v) is 5.02. The van der Waals surface area contributed by atoms with Crippen LogP contribution in [-0.4, -0.2) is 21.8 Å². The molecule has 0 fully saturated rings. The van der Waals surface area contributed by atoms with E-state index in [1.54, 1.807) is 18.3 Å². The quantitative estimate of drug-likeness (QED) is 0.578. The Kier molecular flexibility index (Phi) is 3.96. The molecule has 1 amide bonds. The number of H-pyrrole nitrogens is 2. The molecule has 3 N–H and O–H groups in total. The van der Waals surface area contributed by atoms with Crippen molar-refractivity contribution in [2.24, 2.45) is 5.10 Å². The summed E-state index contributed by atoms with van der Waals surface area (Å²) in [6.45, 7) is 3.56. The van der Waals surface area contributed by atoms with E-state index in [-0.39, 0.29) is 17.9 Å². The summed E-state index contributed by atoms with van der Waals surface area (Å²) in [6, 6.07) is 3.85. The second-order valence-electron chi connectivity index (χ2n) is 4.07. The van der Waals surface area contributed by atoms with Crippen molar-refractivity contribution >= 4 is 23.0 Å². The molecule has 0 saturated heterocycles. The summed E-state index contributed by atoms with van der Waals surface area (Å²) in [5.74, 6) is -0.316. The summed E-state index contributed by atoms with van der Waals surface area (Å²) in [5, 5.41) is 11.1. The zero-order chi connectivity index (χ0) is 13.8. The van der Waals surface area contributed by atoms with Crippen molar-refractivity contribution in [2.45, 2.75) is 20.3 Å². The third-order valence-corrected chi connectivity index (χ3v) is 3.63. The average molecular weight is 278 g/mol. The van der Waals surface area contributed by atoms with E-state index in [1.807, 2.05) is 24.4 Å². The number of amides is 1. The molecule has 2 aromatic rings. The van der Waals surface area contributed by atoms with Crippen LogP contribution in [0.5, 0.6) is 0 Å². The molecule has 100 valence electrons. The zero-order valence-corrected chi connectivity index (χ0v) is 11.4. The fraction of sp³-hybridized carbons (Fsp3) is 0.250. The second kappa shape index (κ2) is 5.66. The van der Waals surface area contributed by atoms with Crippen LogP contribution in [0.25, 0.3) is 0 Å². The molecule has 7 heteroatoms. The minimum absolute atomic E-state index is 0.00584. The van der Waals surface area contributed by atoms with Crippen LogP contribution >= 0.6 is 11.3 Å². The number of aromatic nitrogens is 2. The van der Waals surface area contributed by atoms with Crippen molar-refractivity contribution in [3.05, 3.63) is 44.0 Å². The number of hydrazone groups is 1. The minimum atomic E-state index is -0.316. The number of aromatic amines is 2. The van der Waals surface area contributed by atoms with Gasteiger partial charge in [0.2, 0.25) is 5.91 Å². The van der Waals surface area contributed by atoms with E-state index in [9.17, 15) is 9.59 Å². The van der Waals surface area contributed by atoms with Crippen LogP contribution in [0.2, 0.25) is 0 Å². The maximum Gasteiger partial charge on any atom is 0.267 e. The maximum absolute atomic E-state index is 11.7. The first-order chi connectivity index (χ1) is 9.08. The highest BCUT2D eigenvalue weighted by Gasteiger charge is 2.11. The van der Waals surface area contributed by atoms with Crippen molar-refractivity contribution in [1.29, 1.82) is 0 Å². The van der Waals surface area contributed by atoms with Gasteiger partial charge in [0.1, 0.15) is 0 Å². The van der Waals surface area contributed by atoms with Crippen LogP contribution in [0, 0.1) is 6.92 Å². The molecule has 0 atom stereocenters. The fourth-order valence-electron chi connectivity index (χ4n) is 1.57. The Morgan fingerprint density at radius 3 is 2.84 bits per heavy atom. The van der Waals surface area contributed by atoms with Gasteiger partial charge in [0.05, 0.1) is 12.1 Å². The number of hydrogen-bond donors (Lipinski definition) is 3. The van der Waals surface area contributed by atoms with E-state index < -0.39 is 0 Å². The number of aryl methyl sites for hydroxylation is 1. The number of carbonyl (C=O) groups excluding carboxylic acids is 1. The van der Waals surface area contributed by atoms with Crippen molar-refractivity contribution in [1.82, 2.24) is 15.6 Å². The van der Waals surface area contributed by atoms with Crippen LogP contribution in [0.15, 0.2) is 27.4 Å². The largest absolute Gasteiger partial charge is 0.302 e. The Hall–Kier alpha value is -2.15. The highest BCUT2D eigenvalue weighted by Crippen LogP contribution is 2.09. The predicted octanol–water partition coefficient (Wildman–Crippen LogP) is 1.16. The van der Waals surface area contributed by atoms with Gasteiger partial charge in [0.25, 0.3) is 5.56 Å². The van der Waals surface area contributed by atoms with E-state index in [2.05, 4.69) is 20.7 Å². The van der Waals surface area contributed by atoms with Crippen LogP contribution in [0.1, 0.15) is 23.1 Å². The van der Waals surface area contributed by atoms with Gasteiger partial charge in [-0.1, -0.05) is 6.07 Å². The number of rotatable bonds is 4. The lowest BCUT2D eigenvalue weighted by molar-refractivity contribution is -0.120. The average Bonchev–Trinajstić information content (AvgIpc) is 3.01. The van der Waals surface area contributed by atoms with Crippen LogP contribution in [0.3, 0.4) is 0 Å². The molecule has 2 aromatic heterocycles. The first-order valence-electron chi connectivity index (χ1n) is 5.71. The molecule has 0 spiro atoms. The molecule has 0 radical (unpaired) electrons. The smallest absolute Gasteiger partial charge is 0.267 e. The topological polar surface area (TPSA) is 90.1 Å².